The van der Waals surface area contributed by atoms with Crippen LogP contribution in [0.2, 0.25) is 0 Å². The Kier molecular flexibility index (Phi) is 5.33. The Morgan fingerprint density at radius 3 is 1.96 bits per heavy atom. The van der Waals surface area contributed by atoms with Crippen molar-refractivity contribution in [3.05, 3.63) is 63.2 Å². The quantitative estimate of drug-likeness (QED) is 0.872. The molecule has 0 aliphatic rings. The van der Waals surface area contributed by atoms with Crippen molar-refractivity contribution in [2.75, 3.05) is 0 Å². The van der Waals surface area contributed by atoms with E-state index < -0.39 is 12.1 Å². The Bertz CT molecular complexity index is 752. The summed E-state index contributed by atoms with van der Waals surface area (Å²) in [5.74, 6) is -0.282. The minimum atomic E-state index is -0.937. The number of benzene rings is 2. The van der Waals surface area contributed by atoms with E-state index in [0.717, 1.165) is 33.4 Å². The number of hydrogen-bond acceptors (Lipinski definition) is 2. The summed E-state index contributed by atoms with van der Waals surface area (Å²) < 4.78 is 5.91. The summed E-state index contributed by atoms with van der Waals surface area (Å²) in [6.45, 7) is 12.1. The van der Waals surface area contributed by atoms with E-state index in [0.29, 0.717) is 12.2 Å². The summed E-state index contributed by atoms with van der Waals surface area (Å²) in [4.78, 5) is 11.8. The summed E-state index contributed by atoms with van der Waals surface area (Å²) in [5.41, 5.74) is 7.63. The average Bonchev–Trinajstić information content (AvgIpc) is 2.45. The van der Waals surface area contributed by atoms with Gasteiger partial charge in [-0.15, -0.1) is 0 Å². The topological polar surface area (TPSA) is 46.5 Å². The smallest absolute Gasteiger partial charge is 0.345 e. The molecule has 1 N–H and O–H groups in total. The van der Waals surface area contributed by atoms with Gasteiger partial charge in [-0.05, 0) is 81.0 Å². The van der Waals surface area contributed by atoms with Crippen LogP contribution in [0.5, 0.6) is 5.75 Å². The first-order chi connectivity index (χ1) is 11.2. The molecule has 0 spiro atoms. The molecule has 0 saturated carbocycles. The fourth-order valence-corrected chi connectivity index (χ4v) is 3.17. The Balaban J connectivity index is 2.34. The zero-order valence-electron chi connectivity index (χ0n) is 15.4. The lowest BCUT2D eigenvalue weighted by Crippen LogP contribution is -2.30. The van der Waals surface area contributed by atoms with E-state index in [4.69, 9.17) is 4.74 Å². The number of aryl methyl sites for hydroxylation is 5. The summed E-state index contributed by atoms with van der Waals surface area (Å²) in [6, 6.07) is 8.16. The minimum absolute atomic E-state index is 0.361. The monoisotopic (exact) mass is 326 g/mol. The lowest BCUT2D eigenvalue weighted by Gasteiger charge is -2.20. The summed E-state index contributed by atoms with van der Waals surface area (Å²) >= 11 is 0. The molecule has 1 atom stereocenters. The molecular formula is C21H26O3. The number of carboxylic acids is 1. The first kappa shape index (κ1) is 18.1. The summed E-state index contributed by atoms with van der Waals surface area (Å²) in [7, 11) is 0. The molecule has 0 unspecified atom stereocenters. The van der Waals surface area contributed by atoms with Crippen molar-refractivity contribution in [1.82, 2.24) is 0 Å². The third kappa shape index (κ3) is 3.97. The number of ether oxygens (including phenoxy) is 1. The molecule has 0 amide bonds. The average molecular weight is 326 g/mol. The second kappa shape index (κ2) is 7.08. The molecule has 0 fully saturated rings. The van der Waals surface area contributed by atoms with Gasteiger partial charge in [0.1, 0.15) is 5.75 Å². The molecule has 0 aliphatic carbocycles. The second-order valence-electron chi connectivity index (χ2n) is 6.73. The summed E-state index contributed by atoms with van der Waals surface area (Å²) in [6.07, 6.45) is -0.537. The lowest BCUT2D eigenvalue weighted by atomic mass is 9.95. The van der Waals surface area contributed by atoms with Crippen LogP contribution >= 0.6 is 0 Å². The number of hydrogen-bond donors (Lipinski definition) is 1. The van der Waals surface area contributed by atoms with Crippen molar-refractivity contribution < 1.29 is 14.6 Å². The largest absolute Gasteiger partial charge is 0.478 e. The van der Waals surface area contributed by atoms with Crippen molar-refractivity contribution in [1.29, 1.82) is 0 Å². The first-order valence-corrected chi connectivity index (χ1v) is 8.23. The van der Waals surface area contributed by atoms with Gasteiger partial charge in [-0.2, -0.15) is 0 Å². The van der Waals surface area contributed by atoms with Gasteiger partial charge in [0.15, 0.2) is 6.10 Å². The highest BCUT2D eigenvalue weighted by Gasteiger charge is 2.23. The van der Waals surface area contributed by atoms with Crippen LogP contribution in [0, 0.1) is 41.5 Å². The van der Waals surface area contributed by atoms with Crippen LogP contribution < -0.4 is 4.74 Å². The molecule has 0 bridgehead atoms. The molecular weight excluding hydrogens is 300 g/mol. The Morgan fingerprint density at radius 1 is 0.917 bits per heavy atom. The molecule has 128 valence electrons. The first-order valence-electron chi connectivity index (χ1n) is 8.23. The van der Waals surface area contributed by atoms with Crippen molar-refractivity contribution in [3.63, 3.8) is 0 Å². The van der Waals surface area contributed by atoms with Gasteiger partial charge < -0.3 is 9.84 Å². The molecule has 2 rings (SSSR count). The fraction of sp³-hybridized carbons (Fsp3) is 0.381. The van der Waals surface area contributed by atoms with E-state index in [1.165, 1.54) is 5.56 Å². The van der Waals surface area contributed by atoms with Gasteiger partial charge in [-0.25, -0.2) is 4.79 Å². The third-order valence-electron chi connectivity index (χ3n) is 4.54. The normalized spacial score (nSPS) is 12.1. The maximum absolute atomic E-state index is 11.8. The molecule has 0 aliphatic heterocycles. The van der Waals surface area contributed by atoms with Gasteiger partial charge in [0.25, 0.3) is 0 Å². The van der Waals surface area contributed by atoms with E-state index in [1.807, 2.05) is 47.6 Å². The van der Waals surface area contributed by atoms with Crippen LogP contribution in [0.15, 0.2) is 24.3 Å². The van der Waals surface area contributed by atoms with E-state index in [2.05, 4.69) is 18.2 Å². The van der Waals surface area contributed by atoms with Gasteiger partial charge in [-0.3, -0.25) is 0 Å². The highest BCUT2D eigenvalue weighted by atomic mass is 16.5. The van der Waals surface area contributed by atoms with Gasteiger partial charge >= 0.3 is 5.97 Å². The van der Waals surface area contributed by atoms with Crippen LogP contribution in [0.4, 0.5) is 0 Å². The predicted molar refractivity (Wildman–Crippen MR) is 97.1 cm³/mol. The van der Waals surface area contributed by atoms with Crippen molar-refractivity contribution in [2.45, 2.75) is 54.1 Å². The van der Waals surface area contributed by atoms with Crippen LogP contribution in [-0.4, -0.2) is 17.2 Å². The van der Waals surface area contributed by atoms with Crippen LogP contribution in [-0.2, 0) is 11.2 Å². The van der Waals surface area contributed by atoms with Crippen LogP contribution in [0.3, 0.4) is 0 Å². The zero-order valence-corrected chi connectivity index (χ0v) is 15.4. The fourth-order valence-electron chi connectivity index (χ4n) is 3.17. The molecule has 24 heavy (non-hydrogen) atoms. The van der Waals surface area contributed by atoms with Gasteiger partial charge in [-0.1, -0.05) is 23.8 Å². The highest BCUT2D eigenvalue weighted by Crippen LogP contribution is 2.26. The predicted octanol–water partition coefficient (Wildman–Crippen LogP) is 4.61. The molecule has 0 saturated heterocycles. The molecule has 0 aromatic heterocycles. The number of aliphatic carboxylic acids is 1. The number of carbonyl (C=O) groups is 1. The third-order valence-corrected chi connectivity index (χ3v) is 4.54. The molecule has 0 heterocycles. The minimum Gasteiger partial charge on any atom is -0.478 e. The van der Waals surface area contributed by atoms with Gasteiger partial charge in [0, 0.05) is 6.42 Å². The SMILES string of the molecule is Cc1cc(C)c(C[C@@H](Oc2cc(C)cc(C)c2C)C(=O)O)c(C)c1. The van der Waals surface area contributed by atoms with E-state index in [1.54, 1.807) is 0 Å². The number of rotatable bonds is 5. The Hall–Kier alpha value is -2.29. The Morgan fingerprint density at radius 2 is 1.42 bits per heavy atom. The molecule has 2 aromatic carbocycles. The van der Waals surface area contributed by atoms with Crippen molar-refractivity contribution in [2.24, 2.45) is 0 Å². The maximum Gasteiger partial charge on any atom is 0.345 e. The zero-order chi connectivity index (χ0) is 18.0. The highest BCUT2D eigenvalue weighted by molar-refractivity contribution is 5.73. The summed E-state index contributed by atoms with van der Waals surface area (Å²) in [5, 5.41) is 9.64. The van der Waals surface area contributed by atoms with Crippen molar-refractivity contribution >= 4 is 5.97 Å². The molecule has 2 aromatic rings. The van der Waals surface area contributed by atoms with Crippen LogP contribution in [0.1, 0.15) is 38.9 Å². The lowest BCUT2D eigenvalue weighted by molar-refractivity contribution is -0.145. The van der Waals surface area contributed by atoms with E-state index in [9.17, 15) is 9.90 Å². The number of carboxylic acid groups (broad SMARTS) is 1. The maximum atomic E-state index is 11.8. The molecule has 0 radical (unpaired) electrons. The molecule has 3 heteroatoms. The Labute approximate surface area is 144 Å². The van der Waals surface area contributed by atoms with Gasteiger partial charge in [0.2, 0.25) is 0 Å². The van der Waals surface area contributed by atoms with Gasteiger partial charge in [0.05, 0.1) is 0 Å². The van der Waals surface area contributed by atoms with E-state index >= 15 is 0 Å². The second-order valence-corrected chi connectivity index (χ2v) is 6.73. The molecule has 3 nitrogen and oxygen atoms in total. The van der Waals surface area contributed by atoms with Crippen LogP contribution in [0.25, 0.3) is 0 Å². The van der Waals surface area contributed by atoms with E-state index in [-0.39, 0.29) is 0 Å². The van der Waals surface area contributed by atoms with Crippen molar-refractivity contribution in [3.8, 4) is 5.75 Å². The standard InChI is InChI=1S/C21H26O3/c1-12-8-15(4)18(16(5)9-12)11-20(21(22)23)24-19-10-13(2)7-14(3)17(19)6/h7-10,20H,11H2,1-6H3,(H,22,23)/t20-/m1/s1.